The van der Waals surface area contributed by atoms with Gasteiger partial charge in [0.15, 0.2) is 0 Å². The number of aromatic nitrogens is 1. The van der Waals surface area contributed by atoms with E-state index in [1.165, 1.54) is 16.5 Å². The molecule has 1 N–H and O–H groups in total. The van der Waals surface area contributed by atoms with Crippen molar-refractivity contribution in [3.05, 3.63) is 69.8 Å². The van der Waals surface area contributed by atoms with E-state index in [1.54, 1.807) is 6.07 Å². The molecule has 0 bridgehead atoms. The highest BCUT2D eigenvalue weighted by atomic mass is 35.5. The van der Waals surface area contributed by atoms with Gasteiger partial charge >= 0.3 is 0 Å². The summed E-state index contributed by atoms with van der Waals surface area (Å²) in [5, 5.41) is 6.22. The molecule has 0 spiro atoms. The van der Waals surface area contributed by atoms with Crippen molar-refractivity contribution in [1.82, 2.24) is 14.8 Å². The van der Waals surface area contributed by atoms with Crippen LogP contribution in [0.3, 0.4) is 0 Å². The lowest BCUT2D eigenvalue weighted by Crippen LogP contribution is -2.20. The Morgan fingerprint density at radius 3 is 2.46 bits per heavy atom. The van der Waals surface area contributed by atoms with Gasteiger partial charge in [0.2, 0.25) is 0 Å². The van der Waals surface area contributed by atoms with E-state index >= 15 is 0 Å². The molecule has 0 aliphatic rings. The monoisotopic (exact) mass is 461 g/mol. The second-order valence-electron chi connectivity index (χ2n) is 6.87. The molecule has 0 aliphatic heterocycles. The Balaban J connectivity index is 0.00000196. The first kappa shape index (κ1) is 25.1. The molecule has 1 aromatic heterocycles. The molecule has 3 aromatic rings. The molecular weight excluding hydrogens is 436 g/mol. The molecule has 0 unspecified atom stereocenters. The van der Waals surface area contributed by atoms with Crippen molar-refractivity contribution in [1.29, 1.82) is 0 Å². The van der Waals surface area contributed by atoms with Crippen LogP contribution in [0, 0.1) is 0 Å². The molecule has 3 nitrogen and oxygen atoms in total. The van der Waals surface area contributed by atoms with Crippen molar-refractivity contribution in [3.63, 3.8) is 0 Å². The lowest BCUT2D eigenvalue weighted by atomic mass is 10.2. The highest BCUT2D eigenvalue weighted by molar-refractivity contribution is 6.35. The minimum Gasteiger partial charge on any atom is -0.343 e. The van der Waals surface area contributed by atoms with Gasteiger partial charge in [-0.25, -0.2) is 0 Å². The first-order valence-corrected chi connectivity index (χ1v) is 9.66. The molecular formula is C21H27Cl4N3. The smallest absolute Gasteiger partial charge is 0.0491 e. The van der Waals surface area contributed by atoms with Gasteiger partial charge in [0, 0.05) is 40.2 Å². The highest BCUT2D eigenvalue weighted by Crippen LogP contribution is 2.26. The number of nitrogens with zero attached hydrogens (tertiary/aromatic N) is 2. The van der Waals surface area contributed by atoms with Crippen LogP contribution in [0.5, 0.6) is 0 Å². The summed E-state index contributed by atoms with van der Waals surface area (Å²) in [4.78, 5) is 2.21. The van der Waals surface area contributed by atoms with Gasteiger partial charge < -0.3 is 14.8 Å². The number of rotatable bonds is 8. The van der Waals surface area contributed by atoms with E-state index in [4.69, 9.17) is 23.2 Å². The number of benzene rings is 2. The van der Waals surface area contributed by atoms with E-state index in [0.29, 0.717) is 10.0 Å². The van der Waals surface area contributed by atoms with Gasteiger partial charge in [-0.15, -0.1) is 24.8 Å². The Bertz CT molecular complexity index is 877. The minimum atomic E-state index is 0. The van der Waals surface area contributed by atoms with Crippen molar-refractivity contribution in [2.75, 3.05) is 27.2 Å². The molecule has 0 aliphatic carbocycles. The summed E-state index contributed by atoms with van der Waals surface area (Å²) in [5.74, 6) is 0. The third kappa shape index (κ3) is 6.55. The van der Waals surface area contributed by atoms with Crippen LogP contribution in [0.2, 0.25) is 10.0 Å². The van der Waals surface area contributed by atoms with Gasteiger partial charge in [-0.3, -0.25) is 0 Å². The van der Waals surface area contributed by atoms with Crippen molar-refractivity contribution < 1.29 is 0 Å². The van der Waals surface area contributed by atoms with Gasteiger partial charge in [-0.05, 0) is 62.9 Å². The fourth-order valence-corrected chi connectivity index (χ4v) is 3.64. The van der Waals surface area contributed by atoms with Crippen LogP contribution in [0.1, 0.15) is 17.5 Å². The fourth-order valence-electron chi connectivity index (χ4n) is 3.17. The summed E-state index contributed by atoms with van der Waals surface area (Å²) in [6, 6.07) is 14.2. The molecule has 2 aromatic carbocycles. The quantitative estimate of drug-likeness (QED) is 0.421. The molecule has 1 heterocycles. The molecule has 0 saturated carbocycles. The van der Waals surface area contributed by atoms with E-state index in [-0.39, 0.29) is 24.8 Å². The SMILES string of the molecule is CN(C)CCCNCc1cn(Cc2ccc(Cl)cc2Cl)c2ccccc12.Cl.Cl. The molecule has 0 amide bonds. The molecule has 28 heavy (non-hydrogen) atoms. The zero-order valence-electron chi connectivity index (χ0n) is 16.1. The van der Waals surface area contributed by atoms with Gasteiger partial charge in [0.25, 0.3) is 0 Å². The number of hydrogen-bond acceptors (Lipinski definition) is 2. The summed E-state index contributed by atoms with van der Waals surface area (Å²) in [6.45, 7) is 3.72. The third-order valence-electron chi connectivity index (χ3n) is 4.50. The Hall–Kier alpha value is -0.940. The Morgan fingerprint density at radius 1 is 1.00 bits per heavy atom. The summed E-state index contributed by atoms with van der Waals surface area (Å²) in [7, 11) is 4.21. The predicted octanol–water partition coefficient (Wildman–Crippen LogP) is 5.88. The maximum atomic E-state index is 6.37. The maximum Gasteiger partial charge on any atom is 0.0491 e. The topological polar surface area (TPSA) is 20.2 Å². The summed E-state index contributed by atoms with van der Waals surface area (Å²) in [5.41, 5.74) is 3.61. The fraction of sp³-hybridized carbons (Fsp3) is 0.333. The number of fused-ring (bicyclic) bond motifs is 1. The van der Waals surface area contributed by atoms with E-state index in [1.807, 2.05) is 12.1 Å². The Kier molecular flexibility index (Phi) is 10.7. The van der Waals surface area contributed by atoms with Crippen molar-refractivity contribution >= 4 is 58.9 Å². The molecule has 0 atom stereocenters. The molecule has 0 fully saturated rings. The second kappa shape index (κ2) is 11.9. The molecule has 0 radical (unpaired) electrons. The zero-order chi connectivity index (χ0) is 18.5. The molecule has 0 saturated heterocycles. The normalized spacial score (nSPS) is 10.8. The lowest BCUT2D eigenvalue weighted by molar-refractivity contribution is 0.394. The van der Waals surface area contributed by atoms with E-state index in [9.17, 15) is 0 Å². The van der Waals surface area contributed by atoms with Gasteiger partial charge in [0.05, 0.1) is 0 Å². The Labute approximate surface area is 189 Å². The number of para-hydroxylation sites is 1. The van der Waals surface area contributed by atoms with Crippen LogP contribution in [0.4, 0.5) is 0 Å². The summed E-state index contributed by atoms with van der Waals surface area (Å²) < 4.78 is 2.27. The maximum absolute atomic E-state index is 6.37. The number of nitrogens with one attached hydrogen (secondary N) is 1. The largest absolute Gasteiger partial charge is 0.343 e. The van der Waals surface area contributed by atoms with Crippen LogP contribution >= 0.6 is 48.0 Å². The standard InChI is InChI=1S/C21H25Cl2N3.2ClH/c1-25(2)11-5-10-24-13-17-15-26(21-7-4-3-6-19(17)21)14-16-8-9-18(22)12-20(16)23;;/h3-4,6-9,12,15,24H,5,10-11,13-14H2,1-2H3;2*1H. The second-order valence-corrected chi connectivity index (χ2v) is 7.71. The van der Waals surface area contributed by atoms with Crippen molar-refractivity contribution in [2.45, 2.75) is 19.5 Å². The van der Waals surface area contributed by atoms with Crippen LogP contribution in [-0.4, -0.2) is 36.7 Å². The van der Waals surface area contributed by atoms with E-state index < -0.39 is 0 Å². The van der Waals surface area contributed by atoms with E-state index in [2.05, 4.69) is 59.3 Å². The summed E-state index contributed by atoms with van der Waals surface area (Å²) in [6.07, 6.45) is 3.38. The number of hydrogen-bond donors (Lipinski definition) is 1. The molecule has 154 valence electrons. The van der Waals surface area contributed by atoms with Crippen LogP contribution in [-0.2, 0) is 13.1 Å². The highest BCUT2D eigenvalue weighted by Gasteiger charge is 2.10. The van der Waals surface area contributed by atoms with Gasteiger partial charge in [-0.2, -0.15) is 0 Å². The van der Waals surface area contributed by atoms with Crippen LogP contribution in [0.15, 0.2) is 48.7 Å². The van der Waals surface area contributed by atoms with Gasteiger partial charge in [0.1, 0.15) is 0 Å². The van der Waals surface area contributed by atoms with Crippen LogP contribution < -0.4 is 5.32 Å². The number of halogens is 4. The predicted molar refractivity (Wildman–Crippen MR) is 127 cm³/mol. The van der Waals surface area contributed by atoms with Crippen molar-refractivity contribution in [3.8, 4) is 0 Å². The first-order chi connectivity index (χ1) is 12.5. The molecule has 7 heteroatoms. The van der Waals surface area contributed by atoms with Crippen LogP contribution in [0.25, 0.3) is 10.9 Å². The van der Waals surface area contributed by atoms with Gasteiger partial charge in [-0.1, -0.05) is 47.5 Å². The first-order valence-electron chi connectivity index (χ1n) is 8.90. The summed E-state index contributed by atoms with van der Waals surface area (Å²) >= 11 is 12.4. The zero-order valence-corrected chi connectivity index (χ0v) is 19.3. The molecule has 3 rings (SSSR count). The average molecular weight is 463 g/mol. The van der Waals surface area contributed by atoms with Crippen molar-refractivity contribution in [2.24, 2.45) is 0 Å². The average Bonchev–Trinajstić information content (AvgIpc) is 2.95. The lowest BCUT2D eigenvalue weighted by Gasteiger charge is -2.09. The Morgan fingerprint density at radius 2 is 1.75 bits per heavy atom. The minimum absolute atomic E-state index is 0. The third-order valence-corrected chi connectivity index (χ3v) is 5.09. The van der Waals surface area contributed by atoms with E-state index in [0.717, 1.165) is 38.2 Å².